The van der Waals surface area contributed by atoms with E-state index in [1.165, 1.54) is 0 Å². The highest BCUT2D eigenvalue weighted by molar-refractivity contribution is 6.62. The number of nitrogens with zero attached hydrogens (tertiary/aromatic N) is 1. The first kappa shape index (κ1) is 15.2. The summed E-state index contributed by atoms with van der Waals surface area (Å²) in [6.07, 6.45) is 0.341. The van der Waals surface area contributed by atoms with E-state index in [0.29, 0.717) is 6.42 Å². The van der Waals surface area contributed by atoms with Gasteiger partial charge in [-0.3, -0.25) is 9.78 Å². The van der Waals surface area contributed by atoms with Crippen molar-refractivity contribution in [3.8, 4) is 0 Å². The Bertz CT molecular complexity index is 524. The van der Waals surface area contributed by atoms with Crippen LogP contribution >= 0.6 is 0 Å². The van der Waals surface area contributed by atoms with Gasteiger partial charge in [-0.25, -0.2) is 0 Å². The second-order valence-corrected chi connectivity index (χ2v) is 6.50. The Morgan fingerprint density at radius 2 is 1.75 bits per heavy atom. The molecular formula is C15H22BNO3. The highest BCUT2D eigenvalue weighted by atomic mass is 16.7. The van der Waals surface area contributed by atoms with E-state index < -0.39 is 7.12 Å². The van der Waals surface area contributed by atoms with Crippen LogP contribution in [-0.2, 0) is 20.5 Å². The number of rotatable bonds is 3. The Labute approximate surface area is 121 Å². The first-order valence-corrected chi connectivity index (χ1v) is 6.93. The summed E-state index contributed by atoms with van der Waals surface area (Å²) in [5, 5.41) is 0. The summed E-state index contributed by atoms with van der Waals surface area (Å²) in [5.41, 5.74) is 1.83. The minimum atomic E-state index is -0.410. The summed E-state index contributed by atoms with van der Waals surface area (Å²) >= 11 is 0. The third-order valence-electron chi connectivity index (χ3n) is 3.98. The van der Waals surface area contributed by atoms with Crippen LogP contribution in [0.25, 0.3) is 0 Å². The highest BCUT2D eigenvalue weighted by Crippen LogP contribution is 2.36. The van der Waals surface area contributed by atoms with Crippen LogP contribution in [0.15, 0.2) is 12.1 Å². The van der Waals surface area contributed by atoms with Gasteiger partial charge in [-0.1, -0.05) is 0 Å². The van der Waals surface area contributed by atoms with Crippen molar-refractivity contribution in [2.75, 3.05) is 0 Å². The van der Waals surface area contributed by atoms with Crippen molar-refractivity contribution in [3.63, 3.8) is 0 Å². The van der Waals surface area contributed by atoms with E-state index in [9.17, 15) is 4.79 Å². The molecule has 1 aliphatic rings. The van der Waals surface area contributed by atoms with E-state index in [1.807, 2.05) is 46.8 Å². The Hall–Kier alpha value is -1.20. The normalized spacial score (nSPS) is 20.2. The van der Waals surface area contributed by atoms with Crippen LogP contribution in [0.5, 0.6) is 0 Å². The molecule has 0 bridgehead atoms. The van der Waals surface area contributed by atoms with Gasteiger partial charge in [0.2, 0.25) is 0 Å². The van der Waals surface area contributed by atoms with Crippen molar-refractivity contribution < 1.29 is 14.1 Å². The molecule has 5 heteroatoms. The molecule has 0 aromatic carbocycles. The Morgan fingerprint density at radius 1 is 1.20 bits per heavy atom. The van der Waals surface area contributed by atoms with Gasteiger partial charge in [0, 0.05) is 17.8 Å². The monoisotopic (exact) mass is 275 g/mol. The summed E-state index contributed by atoms with van der Waals surface area (Å²) in [6.45, 7) is 11.6. The molecule has 20 heavy (non-hydrogen) atoms. The lowest BCUT2D eigenvalue weighted by molar-refractivity contribution is -0.116. The van der Waals surface area contributed by atoms with Gasteiger partial charge in [0.05, 0.1) is 11.2 Å². The quantitative estimate of drug-likeness (QED) is 0.789. The number of carbonyl (C=O) groups excluding carboxylic acids is 1. The molecule has 108 valence electrons. The first-order chi connectivity index (χ1) is 9.10. The van der Waals surface area contributed by atoms with Gasteiger partial charge in [0.25, 0.3) is 0 Å². The van der Waals surface area contributed by atoms with Crippen LogP contribution < -0.4 is 5.46 Å². The molecule has 1 fully saturated rings. The molecular weight excluding hydrogens is 253 g/mol. The number of carbonyl (C=O) groups is 1. The molecule has 0 saturated carbocycles. The number of aromatic nitrogens is 1. The van der Waals surface area contributed by atoms with E-state index >= 15 is 0 Å². The van der Waals surface area contributed by atoms with Crippen LogP contribution in [0.3, 0.4) is 0 Å². The van der Waals surface area contributed by atoms with Crippen LogP contribution in [0.2, 0.25) is 0 Å². The van der Waals surface area contributed by atoms with Crippen molar-refractivity contribution in [1.82, 2.24) is 4.98 Å². The van der Waals surface area contributed by atoms with Gasteiger partial charge < -0.3 is 9.31 Å². The molecule has 0 unspecified atom stereocenters. The summed E-state index contributed by atoms with van der Waals surface area (Å²) in [4.78, 5) is 15.6. The smallest absolute Gasteiger partial charge is 0.399 e. The Balaban J connectivity index is 2.30. The molecule has 2 heterocycles. The van der Waals surface area contributed by atoms with E-state index in [-0.39, 0.29) is 17.0 Å². The van der Waals surface area contributed by atoms with E-state index in [0.717, 1.165) is 16.9 Å². The van der Waals surface area contributed by atoms with Gasteiger partial charge >= 0.3 is 7.12 Å². The maximum Gasteiger partial charge on any atom is 0.494 e. The molecule has 0 aliphatic carbocycles. The van der Waals surface area contributed by atoms with Crippen molar-refractivity contribution in [2.24, 2.45) is 0 Å². The van der Waals surface area contributed by atoms with Gasteiger partial charge in [-0.05, 0) is 59.1 Å². The lowest BCUT2D eigenvalue weighted by Crippen LogP contribution is -2.41. The second kappa shape index (κ2) is 4.97. The SMILES string of the molecule is CC(=O)Cc1cc(B2OC(C)(C)C(C)(C)O2)cc(C)n1. The zero-order valence-electron chi connectivity index (χ0n) is 13.1. The summed E-state index contributed by atoms with van der Waals surface area (Å²) in [5.74, 6) is 0.1000. The maximum atomic E-state index is 11.3. The average Bonchev–Trinajstić information content (AvgIpc) is 2.46. The molecule has 1 aromatic rings. The third kappa shape index (κ3) is 2.94. The number of Topliss-reactive ketones (excluding diaryl/α,β-unsaturated/α-hetero) is 1. The molecule has 0 N–H and O–H groups in total. The van der Waals surface area contributed by atoms with Crippen molar-refractivity contribution in [3.05, 3.63) is 23.5 Å². The lowest BCUT2D eigenvalue weighted by atomic mass is 9.78. The predicted molar refractivity (Wildman–Crippen MR) is 79.1 cm³/mol. The van der Waals surface area contributed by atoms with Crippen molar-refractivity contribution in [1.29, 1.82) is 0 Å². The topological polar surface area (TPSA) is 48.4 Å². The van der Waals surface area contributed by atoms with Crippen molar-refractivity contribution in [2.45, 2.75) is 59.2 Å². The number of hydrogen-bond acceptors (Lipinski definition) is 4. The lowest BCUT2D eigenvalue weighted by Gasteiger charge is -2.32. The van der Waals surface area contributed by atoms with Crippen LogP contribution in [0.4, 0.5) is 0 Å². The molecule has 0 amide bonds. The zero-order chi connectivity index (χ0) is 15.1. The van der Waals surface area contributed by atoms with E-state index in [1.54, 1.807) is 6.92 Å². The van der Waals surface area contributed by atoms with E-state index in [4.69, 9.17) is 9.31 Å². The molecule has 1 aromatic heterocycles. The van der Waals surface area contributed by atoms with Crippen molar-refractivity contribution >= 4 is 18.4 Å². The summed E-state index contributed by atoms with van der Waals surface area (Å²) in [6, 6.07) is 3.85. The van der Waals surface area contributed by atoms with Crippen LogP contribution in [0, 0.1) is 6.92 Å². The van der Waals surface area contributed by atoms with Gasteiger partial charge in [-0.15, -0.1) is 0 Å². The Kier molecular flexibility index (Phi) is 3.78. The molecule has 1 saturated heterocycles. The minimum Gasteiger partial charge on any atom is -0.399 e. The summed E-state index contributed by atoms with van der Waals surface area (Å²) < 4.78 is 12.1. The number of ketones is 1. The molecule has 4 nitrogen and oxygen atoms in total. The standard InChI is InChI=1S/C15H22BNO3/c1-10-7-12(9-13(17-10)8-11(2)18)16-19-14(3,4)15(5,6)20-16/h7,9H,8H2,1-6H3. The minimum absolute atomic E-state index is 0.1000. The fourth-order valence-electron chi connectivity index (χ4n) is 2.23. The van der Waals surface area contributed by atoms with Crippen LogP contribution in [0.1, 0.15) is 46.0 Å². The maximum absolute atomic E-state index is 11.3. The number of pyridine rings is 1. The summed E-state index contributed by atoms with van der Waals surface area (Å²) in [7, 11) is -0.410. The van der Waals surface area contributed by atoms with Gasteiger partial charge in [0.15, 0.2) is 0 Å². The van der Waals surface area contributed by atoms with E-state index in [2.05, 4.69) is 4.98 Å². The fraction of sp³-hybridized carbons (Fsp3) is 0.600. The molecule has 1 aliphatic heterocycles. The number of aryl methyl sites for hydroxylation is 1. The molecule has 0 radical (unpaired) electrons. The van der Waals surface area contributed by atoms with Crippen LogP contribution in [-0.4, -0.2) is 29.1 Å². The third-order valence-corrected chi connectivity index (χ3v) is 3.98. The average molecular weight is 275 g/mol. The molecule has 0 atom stereocenters. The first-order valence-electron chi connectivity index (χ1n) is 6.93. The molecule has 2 rings (SSSR count). The highest BCUT2D eigenvalue weighted by Gasteiger charge is 2.51. The zero-order valence-corrected chi connectivity index (χ0v) is 13.1. The predicted octanol–water partition coefficient (Wildman–Crippen LogP) is 1.82. The largest absolute Gasteiger partial charge is 0.494 e. The number of hydrogen-bond donors (Lipinski definition) is 0. The Morgan fingerprint density at radius 3 is 2.25 bits per heavy atom. The fourth-order valence-corrected chi connectivity index (χ4v) is 2.23. The van der Waals surface area contributed by atoms with Gasteiger partial charge in [0.1, 0.15) is 5.78 Å². The van der Waals surface area contributed by atoms with Gasteiger partial charge in [-0.2, -0.15) is 0 Å². The second-order valence-electron chi connectivity index (χ2n) is 6.50. The molecule has 0 spiro atoms.